The number of rotatable bonds is 5. The van der Waals surface area contributed by atoms with Crippen molar-refractivity contribution in [2.75, 3.05) is 7.11 Å². The molecule has 0 bridgehead atoms. The minimum absolute atomic E-state index is 0.0975. The minimum Gasteiger partial charge on any atom is -0.489 e. The molecular formula is C28H22BrNO4. The highest BCUT2D eigenvalue weighted by Crippen LogP contribution is 2.48. The van der Waals surface area contributed by atoms with Gasteiger partial charge in [-0.15, -0.1) is 0 Å². The van der Waals surface area contributed by atoms with E-state index in [4.69, 9.17) is 9.47 Å². The molecule has 6 heteroatoms. The van der Waals surface area contributed by atoms with Gasteiger partial charge in [-0.05, 0) is 30.7 Å². The van der Waals surface area contributed by atoms with Gasteiger partial charge in [0.1, 0.15) is 12.4 Å². The zero-order valence-electron chi connectivity index (χ0n) is 18.7. The van der Waals surface area contributed by atoms with Gasteiger partial charge >= 0.3 is 5.97 Å². The molecule has 2 aliphatic rings. The summed E-state index contributed by atoms with van der Waals surface area (Å²) in [5.41, 5.74) is 5.54. The maximum atomic E-state index is 13.6. The Labute approximate surface area is 206 Å². The van der Waals surface area contributed by atoms with Crippen molar-refractivity contribution in [3.63, 3.8) is 0 Å². The first kappa shape index (κ1) is 22.2. The van der Waals surface area contributed by atoms with E-state index < -0.39 is 11.9 Å². The summed E-state index contributed by atoms with van der Waals surface area (Å²) in [6, 6.07) is 22.9. The predicted octanol–water partition coefficient (Wildman–Crippen LogP) is 5.77. The van der Waals surface area contributed by atoms with Gasteiger partial charge in [-0.3, -0.25) is 4.79 Å². The number of para-hydroxylation sites is 1. The van der Waals surface area contributed by atoms with Gasteiger partial charge in [-0.2, -0.15) is 0 Å². The van der Waals surface area contributed by atoms with E-state index in [0.717, 1.165) is 26.9 Å². The lowest BCUT2D eigenvalue weighted by Crippen LogP contribution is -2.29. The topological polar surface area (TPSA) is 64.6 Å². The number of methoxy groups -OCH3 is 1. The zero-order valence-corrected chi connectivity index (χ0v) is 20.3. The van der Waals surface area contributed by atoms with Crippen LogP contribution < -0.4 is 10.1 Å². The van der Waals surface area contributed by atoms with Crippen LogP contribution in [0.5, 0.6) is 5.75 Å². The number of carbonyl (C=O) groups is 2. The number of allylic oxidation sites excluding steroid dienone is 2. The van der Waals surface area contributed by atoms with Crippen LogP contribution in [-0.2, 0) is 16.1 Å². The van der Waals surface area contributed by atoms with Crippen molar-refractivity contribution in [3.8, 4) is 5.75 Å². The second kappa shape index (κ2) is 8.95. The molecule has 3 aromatic carbocycles. The molecule has 170 valence electrons. The van der Waals surface area contributed by atoms with Crippen LogP contribution in [-0.4, -0.2) is 18.9 Å². The Balaban J connectivity index is 1.61. The Morgan fingerprint density at radius 1 is 0.971 bits per heavy atom. The van der Waals surface area contributed by atoms with E-state index in [2.05, 4.69) is 21.2 Å². The van der Waals surface area contributed by atoms with Crippen LogP contribution in [0.15, 0.2) is 94.1 Å². The number of ether oxygens (including phenoxy) is 2. The number of dihydropyridines is 1. The van der Waals surface area contributed by atoms with E-state index in [-0.39, 0.29) is 5.78 Å². The third-order valence-electron chi connectivity index (χ3n) is 6.19. The lowest BCUT2D eigenvalue weighted by molar-refractivity contribution is -0.136. The molecule has 0 aromatic heterocycles. The van der Waals surface area contributed by atoms with Crippen molar-refractivity contribution in [1.82, 2.24) is 5.32 Å². The highest BCUT2D eigenvalue weighted by atomic mass is 79.9. The molecule has 0 saturated heterocycles. The summed E-state index contributed by atoms with van der Waals surface area (Å²) in [6.07, 6.45) is 0. The second-order valence-corrected chi connectivity index (χ2v) is 9.12. The molecule has 0 radical (unpaired) electrons. The number of halogens is 1. The Kier molecular flexibility index (Phi) is 5.84. The maximum Gasteiger partial charge on any atom is 0.336 e. The van der Waals surface area contributed by atoms with Crippen LogP contribution in [0, 0.1) is 0 Å². The highest BCUT2D eigenvalue weighted by molar-refractivity contribution is 9.10. The molecule has 1 heterocycles. The van der Waals surface area contributed by atoms with Crippen LogP contribution in [0.3, 0.4) is 0 Å². The fourth-order valence-electron chi connectivity index (χ4n) is 4.61. The first-order valence-electron chi connectivity index (χ1n) is 10.9. The number of hydrogen-bond donors (Lipinski definition) is 1. The smallest absolute Gasteiger partial charge is 0.336 e. The summed E-state index contributed by atoms with van der Waals surface area (Å²) < 4.78 is 12.4. The lowest BCUT2D eigenvalue weighted by Gasteiger charge is -2.30. The third-order valence-corrected chi connectivity index (χ3v) is 6.72. The molecule has 0 saturated carbocycles. The summed E-state index contributed by atoms with van der Waals surface area (Å²) in [6.45, 7) is 2.19. The fourth-order valence-corrected chi connectivity index (χ4v) is 4.88. The molecule has 34 heavy (non-hydrogen) atoms. The van der Waals surface area contributed by atoms with E-state index in [1.54, 1.807) is 0 Å². The molecule has 3 aromatic rings. The van der Waals surface area contributed by atoms with Crippen LogP contribution in [0.2, 0.25) is 0 Å². The molecular weight excluding hydrogens is 494 g/mol. The molecule has 1 aliphatic heterocycles. The van der Waals surface area contributed by atoms with Gasteiger partial charge in [0.2, 0.25) is 0 Å². The predicted molar refractivity (Wildman–Crippen MR) is 133 cm³/mol. The van der Waals surface area contributed by atoms with Gasteiger partial charge in [-0.1, -0.05) is 70.5 Å². The van der Waals surface area contributed by atoms with E-state index in [1.165, 1.54) is 7.11 Å². The Bertz CT molecular complexity index is 1370. The fraction of sp³-hybridized carbons (Fsp3) is 0.143. The number of fused-ring (bicyclic) bond motifs is 2. The lowest BCUT2D eigenvalue weighted by atomic mass is 9.79. The van der Waals surface area contributed by atoms with Crippen molar-refractivity contribution < 1.29 is 19.1 Å². The standard InChI is InChI=1S/C28H22BrNO4/c1-16-23(28(32)33-2)24(25-26(30-16)19-7-3-4-8-20(19)27(25)31)21-9-5-6-10-22(21)34-15-17-11-13-18(29)14-12-17/h3-14,24,30H,15H2,1-2H3/t24-/m1/s1. The monoisotopic (exact) mass is 515 g/mol. The van der Waals surface area contributed by atoms with Gasteiger partial charge in [-0.25, -0.2) is 4.79 Å². The van der Waals surface area contributed by atoms with Gasteiger partial charge in [0.15, 0.2) is 5.78 Å². The molecule has 5 nitrogen and oxygen atoms in total. The molecule has 0 unspecified atom stereocenters. The number of benzene rings is 3. The van der Waals surface area contributed by atoms with Gasteiger partial charge in [0, 0.05) is 32.4 Å². The quantitative estimate of drug-likeness (QED) is 0.437. The van der Waals surface area contributed by atoms with E-state index in [0.29, 0.717) is 34.8 Å². The number of ketones is 1. The van der Waals surface area contributed by atoms with Crippen molar-refractivity contribution >= 4 is 33.4 Å². The van der Waals surface area contributed by atoms with E-state index in [9.17, 15) is 9.59 Å². The summed E-state index contributed by atoms with van der Waals surface area (Å²) in [5.74, 6) is -0.584. The zero-order chi connectivity index (χ0) is 23.8. The second-order valence-electron chi connectivity index (χ2n) is 8.20. The average molecular weight is 516 g/mol. The molecule has 0 fully saturated rings. The third kappa shape index (κ3) is 3.74. The van der Waals surface area contributed by atoms with Gasteiger partial charge < -0.3 is 14.8 Å². The number of nitrogens with one attached hydrogen (secondary N) is 1. The maximum absolute atomic E-state index is 13.6. The Morgan fingerprint density at radius 3 is 2.38 bits per heavy atom. The molecule has 1 aliphatic carbocycles. The molecule has 0 spiro atoms. The van der Waals surface area contributed by atoms with Crippen LogP contribution in [0.1, 0.15) is 39.9 Å². The molecule has 1 atom stereocenters. The average Bonchev–Trinajstić information content (AvgIpc) is 3.14. The minimum atomic E-state index is -0.621. The van der Waals surface area contributed by atoms with Gasteiger partial charge in [0.05, 0.1) is 24.3 Å². The Hall–Kier alpha value is -3.64. The number of Topliss-reactive ketones (excluding diaryl/α,β-unsaturated/α-hetero) is 1. The molecule has 1 N–H and O–H groups in total. The highest BCUT2D eigenvalue weighted by Gasteiger charge is 2.43. The number of esters is 1. The SMILES string of the molecule is COC(=O)C1=C(C)NC2=C(C(=O)c3ccccc32)[C@@H]1c1ccccc1OCc1ccc(Br)cc1. The summed E-state index contributed by atoms with van der Waals surface area (Å²) in [5, 5.41) is 3.30. The largest absolute Gasteiger partial charge is 0.489 e. The van der Waals surface area contributed by atoms with Crippen LogP contribution in [0.4, 0.5) is 0 Å². The summed E-state index contributed by atoms with van der Waals surface area (Å²) in [4.78, 5) is 26.5. The Morgan fingerprint density at radius 2 is 1.65 bits per heavy atom. The normalized spacial score (nSPS) is 16.7. The van der Waals surface area contributed by atoms with Crippen LogP contribution in [0.25, 0.3) is 5.70 Å². The van der Waals surface area contributed by atoms with Crippen molar-refractivity contribution in [1.29, 1.82) is 0 Å². The first-order valence-corrected chi connectivity index (χ1v) is 11.7. The summed E-state index contributed by atoms with van der Waals surface area (Å²) in [7, 11) is 1.35. The van der Waals surface area contributed by atoms with E-state index >= 15 is 0 Å². The van der Waals surface area contributed by atoms with Gasteiger partial charge in [0.25, 0.3) is 0 Å². The molecule has 5 rings (SSSR count). The van der Waals surface area contributed by atoms with Crippen molar-refractivity contribution in [2.24, 2.45) is 0 Å². The number of carbonyl (C=O) groups excluding carboxylic acids is 2. The van der Waals surface area contributed by atoms with Crippen molar-refractivity contribution in [2.45, 2.75) is 19.4 Å². The summed E-state index contributed by atoms with van der Waals surface area (Å²) >= 11 is 3.45. The van der Waals surface area contributed by atoms with Crippen molar-refractivity contribution in [3.05, 3.63) is 116 Å². The van der Waals surface area contributed by atoms with E-state index in [1.807, 2.05) is 79.7 Å². The van der Waals surface area contributed by atoms with Crippen LogP contribution >= 0.6 is 15.9 Å². The molecule has 0 amide bonds. The first-order chi connectivity index (χ1) is 16.5. The number of hydrogen-bond acceptors (Lipinski definition) is 5.